The first-order chi connectivity index (χ1) is 7.88. The monoisotopic (exact) mass is 321 g/mol. The number of benzene rings is 1. The second-order valence-corrected chi connectivity index (χ2v) is 6.48. The maximum absolute atomic E-state index is 10.7. The van der Waals surface area contributed by atoms with E-state index in [9.17, 15) is 8.42 Å². The fraction of sp³-hybridized carbons (Fsp3) is 0.455. The molecular formula is C11H16BrNO3S. The molecule has 0 aliphatic heterocycles. The van der Waals surface area contributed by atoms with E-state index in [2.05, 4.69) is 15.9 Å². The molecule has 0 fully saturated rings. The molecule has 1 aromatic carbocycles. The summed E-state index contributed by atoms with van der Waals surface area (Å²) in [5.74, 6) is 0.833. The van der Waals surface area contributed by atoms with E-state index in [1.165, 1.54) is 0 Å². The maximum Gasteiger partial charge on any atom is 0.209 e. The third kappa shape index (κ3) is 6.05. The quantitative estimate of drug-likeness (QED) is 0.816. The topological polar surface area (TPSA) is 69.4 Å². The molecule has 1 rings (SSSR count). The van der Waals surface area contributed by atoms with E-state index in [4.69, 9.17) is 9.88 Å². The van der Waals surface area contributed by atoms with Gasteiger partial charge in [-0.25, -0.2) is 13.6 Å². The average Bonchev–Trinajstić information content (AvgIpc) is 2.18. The van der Waals surface area contributed by atoms with Crippen molar-refractivity contribution in [2.75, 3.05) is 12.4 Å². The molecule has 1 aromatic rings. The molecule has 0 saturated carbocycles. The number of primary sulfonamides is 1. The summed E-state index contributed by atoms with van der Waals surface area (Å²) in [5.41, 5.74) is 1.05. The zero-order valence-corrected chi connectivity index (χ0v) is 12.1. The van der Waals surface area contributed by atoms with Gasteiger partial charge in [-0.3, -0.25) is 0 Å². The number of ether oxygens (including phenoxy) is 1. The van der Waals surface area contributed by atoms with Crippen LogP contribution in [0, 0.1) is 6.92 Å². The van der Waals surface area contributed by atoms with Gasteiger partial charge in [0.2, 0.25) is 10.0 Å². The Morgan fingerprint density at radius 3 is 2.65 bits per heavy atom. The van der Waals surface area contributed by atoms with Crippen molar-refractivity contribution in [1.29, 1.82) is 0 Å². The predicted molar refractivity (Wildman–Crippen MR) is 71.6 cm³/mol. The molecule has 2 N–H and O–H groups in total. The SMILES string of the molecule is Cc1cc(Br)ccc1OCCCCS(N)(=O)=O. The highest BCUT2D eigenvalue weighted by atomic mass is 79.9. The number of unbranched alkanes of at least 4 members (excludes halogenated alkanes) is 1. The minimum absolute atomic E-state index is 0.00960. The van der Waals surface area contributed by atoms with Crippen LogP contribution < -0.4 is 9.88 Å². The highest BCUT2D eigenvalue weighted by Gasteiger charge is 2.03. The lowest BCUT2D eigenvalue weighted by Gasteiger charge is -2.08. The molecule has 17 heavy (non-hydrogen) atoms. The third-order valence-electron chi connectivity index (χ3n) is 2.22. The van der Waals surface area contributed by atoms with E-state index in [0.29, 0.717) is 19.4 Å². The molecule has 0 amide bonds. The Hall–Kier alpha value is -0.590. The molecule has 0 atom stereocenters. The Kier molecular flexibility index (Phi) is 5.42. The Labute approximate surface area is 110 Å². The molecule has 6 heteroatoms. The summed E-state index contributed by atoms with van der Waals surface area (Å²) in [5, 5.41) is 4.90. The van der Waals surface area contributed by atoms with Crippen LogP contribution in [0.25, 0.3) is 0 Å². The van der Waals surface area contributed by atoms with Crippen LogP contribution in [0.1, 0.15) is 18.4 Å². The molecule has 0 aromatic heterocycles. The van der Waals surface area contributed by atoms with Gasteiger partial charge in [0.05, 0.1) is 12.4 Å². The summed E-state index contributed by atoms with van der Waals surface area (Å²) >= 11 is 3.38. The van der Waals surface area contributed by atoms with Gasteiger partial charge in [-0.15, -0.1) is 0 Å². The van der Waals surface area contributed by atoms with Gasteiger partial charge in [0.15, 0.2) is 0 Å². The lowest BCUT2D eigenvalue weighted by molar-refractivity contribution is 0.307. The Morgan fingerprint density at radius 2 is 2.06 bits per heavy atom. The van der Waals surface area contributed by atoms with Crippen molar-refractivity contribution in [1.82, 2.24) is 0 Å². The molecule has 0 spiro atoms. The van der Waals surface area contributed by atoms with Crippen molar-refractivity contribution in [2.45, 2.75) is 19.8 Å². The smallest absolute Gasteiger partial charge is 0.209 e. The molecule has 0 unspecified atom stereocenters. The van der Waals surface area contributed by atoms with Gasteiger partial charge >= 0.3 is 0 Å². The Bertz CT molecular complexity index is 474. The minimum atomic E-state index is -3.34. The second kappa shape index (κ2) is 6.37. The molecule has 0 aliphatic rings. The van der Waals surface area contributed by atoms with Gasteiger partial charge in [0.1, 0.15) is 5.75 Å². The highest BCUT2D eigenvalue weighted by molar-refractivity contribution is 9.10. The van der Waals surface area contributed by atoms with Gasteiger partial charge in [0.25, 0.3) is 0 Å². The lowest BCUT2D eigenvalue weighted by Crippen LogP contribution is -2.16. The van der Waals surface area contributed by atoms with E-state index in [1.807, 2.05) is 25.1 Å². The normalized spacial score (nSPS) is 11.5. The fourth-order valence-electron chi connectivity index (χ4n) is 1.36. The van der Waals surface area contributed by atoms with E-state index < -0.39 is 10.0 Å². The molecular weight excluding hydrogens is 306 g/mol. The molecule has 0 saturated heterocycles. The Morgan fingerprint density at radius 1 is 1.35 bits per heavy atom. The summed E-state index contributed by atoms with van der Waals surface area (Å²) in [6, 6.07) is 5.77. The second-order valence-electron chi connectivity index (χ2n) is 3.83. The van der Waals surface area contributed by atoms with Gasteiger partial charge in [0, 0.05) is 4.47 Å². The van der Waals surface area contributed by atoms with Crippen molar-refractivity contribution in [2.24, 2.45) is 5.14 Å². The van der Waals surface area contributed by atoms with Crippen LogP contribution >= 0.6 is 15.9 Å². The van der Waals surface area contributed by atoms with Crippen molar-refractivity contribution in [3.05, 3.63) is 28.2 Å². The van der Waals surface area contributed by atoms with Crippen molar-refractivity contribution in [3.8, 4) is 5.75 Å². The number of halogens is 1. The van der Waals surface area contributed by atoms with Gasteiger partial charge in [-0.1, -0.05) is 15.9 Å². The number of nitrogens with two attached hydrogens (primary N) is 1. The third-order valence-corrected chi connectivity index (χ3v) is 3.57. The molecule has 0 heterocycles. The van der Waals surface area contributed by atoms with E-state index in [-0.39, 0.29) is 5.75 Å². The van der Waals surface area contributed by atoms with Crippen LogP contribution in [0.3, 0.4) is 0 Å². The van der Waals surface area contributed by atoms with Crippen molar-refractivity contribution >= 4 is 26.0 Å². The molecule has 0 bridgehead atoms. The molecule has 0 aliphatic carbocycles. The average molecular weight is 322 g/mol. The highest BCUT2D eigenvalue weighted by Crippen LogP contribution is 2.22. The predicted octanol–water partition coefficient (Wildman–Crippen LogP) is 2.21. The summed E-state index contributed by atoms with van der Waals surface area (Å²) in [7, 11) is -3.34. The largest absolute Gasteiger partial charge is 0.493 e. The first kappa shape index (κ1) is 14.5. The van der Waals surface area contributed by atoms with E-state index in [0.717, 1.165) is 15.8 Å². The molecule has 4 nitrogen and oxygen atoms in total. The molecule has 96 valence electrons. The summed E-state index contributed by atoms with van der Waals surface area (Å²) < 4.78 is 27.9. The summed E-state index contributed by atoms with van der Waals surface area (Å²) in [4.78, 5) is 0. The van der Waals surface area contributed by atoms with Crippen LogP contribution in [0.2, 0.25) is 0 Å². The summed E-state index contributed by atoms with van der Waals surface area (Å²) in [6.45, 7) is 2.46. The van der Waals surface area contributed by atoms with Crippen LogP contribution in [0.4, 0.5) is 0 Å². The zero-order chi connectivity index (χ0) is 12.9. The van der Waals surface area contributed by atoms with E-state index in [1.54, 1.807) is 0 Å². The van der Waals surface area contributed by atoms with Gasteiger partial charge < -0.3 is 4.74 Å². The fourth-order valence-corrected chi connectivity index (χ4v) is 2.44. The zero-order valence-electron chi connectivity index (χ0n) is 9.65. The first-order valence-electron chi connectivity index (χ1n) is 5.28. The number of rotatable bonds is 6. The first-order valence-corrected chi connectivity index (χ1v) is 7.79. The molecule has 0 radical (unpaired) electrons. The van der Waals surface area contributed by atoms with Crippen molar-refractivity contribution in [3.63, 3.8) is 0 Å². The maximum atomic E-state index is 10.7. The lowest BCUT2D eigenvalue weighted by atomic mass is 10.2. The number of hydrogen-bond donors (Lipinski definition) is 1. The van der Waals surface area contributed by atoms with Crippen LogP contribution in [0.15, 0.2) is 22.7 Å². The van der Waals surface area contributed by atoms with Crippen LogP contribution in [-0.2, 0) is 10.0 Å². The van der Waals surface area contributed by atoms with Gasteiger partial charge in [-0.2, -0.15) is 0 Å². The Balaban J connectivity index is 2.32. The standard InChI is InChI=1S/C11H16BrNO3S/c1-9-8-10(12)4-5-11(9)16-6-2-3-7-17(13,14)15/h4-5,8H,2-3,6-7H2,1H3,(H2,13,14,15). The minimum Gasteiger partial charge on any atom is -0.493 e. The summed E-state index contributed by atoms with van der Waals surface area (Å²) in [6.07, 6.45) is 1.19. The number of hydrogen-bond acceptors (Lipinski definition) is 3. The van der Waals surface area contributed by atoms with Gasteiger partial charge in [-0.05, 0) is 43.5 Å². The van der Waals surface area contributed by atoms with Crippen molar-refractivity contribution < 1.29 is 13.2 Å². The number of sulfonamides is 1. The van der Waals surface area contributed by atoms with E-state index >= 15 is 0 Å². The number of aryl methyl sites for hydroxylation is 1. The van der Waals surface area contributed by atoms with Crippen LogP contribution in [-0.4, -0.2) is 20.8 Å². The van der Waals surface area contributed by atoms with Crippen LogP contribution in [0.5, 0.6) is 5.75 Å².